The Bertz CT molecular complexity index is 434. The number of aromatic nitrogens is 1. The molecule has 0 aliphatic heterocycles. The van der Waals surface area contributed by atoms with Crippen molar-refractivity contribution in [2.45, 2.75) is 6.42 Å². The molecule has 1 heterocycles. The van der Waals surface area contributed by atoms with Crippen LogP contribution in [0, 0.1) is 0 Å². The number of phenolic OH excluding ortho intramolecular Hbond substituents is 1. The average molecular weight is 191 g/mol. The fraction of sp³-hybridized carbons (Fsp3) is 0.273. The number of methoxy groups -OCH3 is 1. The highest BCUT2D eigenvalue weighted by atomic mass is 16.5. The maximum atomic E-state index is 9.68. The molecule has 2 aromatic rings. The minimum atomic E-state index is 0.329. The summed E-state index contributed by atoms with van der Waals surface area (Å²) >= 11 is 0. The van der Waals surface area contributed by atoms with E-state index < -0.39 is 0 Å². The first-order chi connectivity index (χ1) is 6.83. The van der Waals surface area contributed by atoms with Crippen molar-refractivity contribution in [1.29, 1.82) is 0 Å². The van der Waals surface area contributed by atoms with Crippen molar-refractivity contribution in [2.24, 2.45) is 0 Å². The molecular weight excluding hydrogens is 178 g/mol. The number of hydrogen-bond donors (Lipinski definition) is 2. The Labute approximate surface area is 82.3 Å². The van der Waals surface area contributed by atoms with Gasteiger partial charge in [0.25, 0.3) is 0 Å². The second-order valence-electron chi connectivity index (χ2n) is 3.26. The largest absolute Gasteiger partial charge is 0.507 e. The second kappa shape index (κ2) is 3.72. The van der Waals surface area contributed by atoms with Crippen molar-refractivity contribution in [3.8, 4) is 5.75 Å². The minimum Gasteiger partial charge on any atom is -0.507 e. The third-order valence-corrected chi connectivity index (χ3v) is 2.34. The lowest BCUT2D eigenvalue weighted by molar-refractivity contribution is 0.202. The van der Waals surface area contributed by atoms with Crippen LogP contribution < -0.4 is 0 Å². The van der Waals surface area contributed by atoms with E-state index in [1.54, 1.807) is 13.2 Å². The van der Waals surface area contributed by atoms with Crippen molar-refractivity contribution in [1.82, 2.24) is 4.98 Å². The maximum absolute atomic E-state index is 9.68. The lowest BCUT2D eigenvalue weighted by atomic mass is 10.1. The number of nitrogens with one attached hydrogen (secondary N) is 1. The summed E-state index contributed by atoms with van der Waals surface area (Å²) in [7, 11) is 1.68. The van der Waals surface area contributed by atoms with Crippen LogP contribution in [0.2, 0.25) is 0 Å². The summed E-state index contributed by atoms with van der Waals surface area (Å²) in [6.45, 7) is 0.668. The first kappa shape index (κ1) is 9.09. The van der Waals surface area contributed by atoms with E-state index in [0.717, 1.165) is 22.9 Å². The van der Waals surface area contributed by atoms with Gasteiger partial charge in [0, 0.05) is 24.2 Å². The fourth-order valence-corrected chi connectivity index (χ4v) is 1.64. The Morgan fingerprint density at radius 1 is 1.43 bits per heavy atom. The van der Waals surface area contributed by atoms with Gasteiger partial charge in [0.05, 0.1) is 6.61 Å². The highest BCUT2D eigenvalue weighted by molar-refractivity contribution is 5.88. The summed E-state index contributed by atoms with van der Waals surface area (Å²) in [5.74, 6) is 0.329. The van der Waals surface area contributed by atoms with Crippen molar-refractivity contribution in [3.05, 3.63) is 30.0 Å². The molecule has 1 aromatic carbocycles. The number of rotatable bonds is 3. The molecule has 0 radical (unpaired) electrons. The molecule has 1 aromatic heterocycles. The van der Waals surface area contributed by atoms with Crippen molar-refractivity contribution >= 4 is 10.9 Å². The van der Waals surface area contributed by atoms with Gasteiger partial charge < -0.3 is 14.8 Å². The lowest BCUT2D eigenvalue weighted by Gasteiger charge is -1.99. The number of phenols is 1. The first-order valence-electron chi connectivity index (χ1n) is 4.60. The zero-order valence-electron chi connectivity index (χ0n) is 8.08. The molecule has 2 rings (SSSR count). The molecule has 14 heavy (non-hydrogen) atoms. The van der Waals surface area contributed by atoms with Crippen LogP contribution in [0.3, 0.4) is 0 Å². The molecule has 74 valence electrons. The molecule has 0 amide bonds. The van der Waals surface area contributed by atoms with Crippen LogP contribution in [-0.4, -0.2) is 23.8 Å². The lowest BCUT2D eigenvalue weighted by Crippen LogP contribution is -1.92. The number of H-pyrrole nitrogens is 1. The summed E-state index contributed by atoms with van der Waals surface area (Å²) in [4.78, 5) is 3.12. The molecule has 0 saturated heterocycles. The fourth-order valence-electron chi connectivity index (χ4n) is 1.64. The number of ether oxygens (including phenoxy) is 1. The number of fused-ring (bicyclic) bond motifs is 1. The summed E-state index contributed by atoms with van der Waals surface area (Å²) < 4.78 is 5.01. The van der Waals surface area contributed by atoms with Gasteiger partial charge in [-0.1, -0.05) is 6.07 Å². The molecule has 0 saturated carbocycles. The van der Waals surface area contributed by atoms with Gasteiger partial charge in [0.1, 0.15) is 5.75 Å². The maximum Gasteiger partial charge on any atom is 0.125 e. The Morgan fingerprint density at radius 3 is 3.07 bits per heavy atom. The van der Waals surface area contributed by atoms with Gasteiger partial charge in [-0.15, -0.1) is 0 Å². The van der Waals surface area contributed by atoms with Gasteiger partial charge >= 0.3 is 0 Å². The molecule has 0 fully saturated rings. The van der Waals surface area contributed by atoms with E-state index in [9.17, 15) is 5.11 Å². The first-order valence-corrected chi connectivity index (χ1v) is 4.60. The van der Waals surface area contributed by atoms with Gasteiger partial charge in [-0.2, -0.15) is 0 Å². The van der Waals surface area contributed by atoms with Crippen molar-refractivity contribution < 1.29 is 9.84 Å². The Hall–Kier alpha value is -1.48. The number of hydrogen-bond acceptors (Lipinski definition) is 2. The monoisotopic (exact) mass is 191 g/mol. The number of aromatic amines is 1. The van der Waals surface area contributed by atoms with E-state index in [1.807, 2.05) is 18.3 Å². The summed E-state index contributed by atoms with van der Waals surface area (Å²) in [6.07, 6.45) is 2.73. The van der Waals surface area contributed by atoms with E-state index >= 15 is 0 Å². The van der Waals surface area contributed by atoms with Crippen LogP contribution >= 0.6 is 0 Å². The smallest absolute Gasteiger partial charge is 0.125 e. The molecule has 0 atom stereocenters. The predicted molar refractivity (Wildman–Crippen MR) is 55.5 cm³/mol. The number of benzene rings is 1. The summed E-state index contributed by atoms with van der Waals surface area (Å²) in [5, 5.41) is 10.6. The molecule has 0 aliphatic rings. The van der Waals surface area contributed by atoms with Crippen LogP contribution in [-0.2, 0) is 11.2 Å². The molecular formula is C11H13NO2. The predicted octanol–water partition coefficient (Wildman–Crippen LogP) is 2.06. The summed E-state index contributed by atoms with van der Waals surface area (Å²) in [5.41, 5.74) is 2.07. The van der Waals surface area contributed by atoms with E-state index in [4.69, 9.17) is 4.74 Å². The van der Waals surface area contributed by atoms with E-state index in [1.165, 1.54) is 0 Å². The third-order valence-electron chi connectivity index (χ3n) is 2.34. The van der Waals surface area contributed by atoms with Gasteiger partial charge in [0.15, 0.2) is 0 Å². The molecule has 3 heteroatoms. The Balaban J connectivity index is 2.45. The average Bonchev–Trinajstić information content (AvgIpc) is 2.59. The Kier molecular flexibility index (Phi) is 2.41. The zero-order valence-corrected chi connectivity index (χ0v) is 8.08. The molecule has 0 unspecified atom stereocenters. The van der Waals surface area contributed by atoms with Crippen LogP contribution in [0.5, 0.6) is 5.75 Å². The van der Waals surface area contributed by atoms with Gasteiger partial charge in [-0.25, -0.2) is 0 Å². The zero-order chi connectivity index (χ0) is 9.97. The second-order valence-corrected chi connectivity index (χ2v) is 3.26. The third kappa shape index (κ3) is 1.46. The van der Waals surface area contributed by atoms with Crippen LogP contribution in [0.25, 0.3) is 10.9 Å². The standard InChI is InChI=1S/C11H13NO2/c1-14-6-5-8-7-12-9-3-2-4-10(13)11(8)9/h2-4,7,12-13H,5-6H2,1H3. The summed E-state index contributed by atoms with van der Waals surface area (Å²) in [6, 6.07) is 5.48. The topological polar surface area (TPSA) is 45.2 Å². The number of aromatic hydroxyl groups is 1. The van der Waals surface area contributed by atoms with Crippen LogP contribution in [0.15, 0.2) is 24.4 Å². The highest BCUT2D eigenvalue weighted by Crippen LogP contribution is 2.27. The molecule has 2 N–H and O–H groups in total. The molecule has 0 bridgehead atoms. The molecule has 0 aliphatic carbocycles. The quantitative estimate of drug-likeness (QED) is 0.780. The van der Waals surface area contributed by atoms with Gasteiger partial charge in [0.2, 0.25) is 0 Å². The minimum absolute atomic E-state index is 0.329. The van der Waals surface area contributed by atoms with E-state index in [0.29, 0.717) is 12.4 Å². The molecule has 3 nitrogen and oxygen atoms in total. The SMILES string of the molecule is COCCc1c[nH]c2cccc(O)c12. The van der Waals surface area contributed by atoms with Crippen molar-refractivity contribution in [3.63, 3.8) is 0 Å². The van der Waals surface area contributed by atoms with Crippen LogP contribution in [0.4, 0.5) is 0 Å². The van der Waals surface area contributed by atoms with Gasteiger partial charge in [-0.3, -0.25) is 0 Å². The van der Waals surface area contributed by atoms with Crippen molar-refractivity contribution in [2.75, 3.05) is 13.7 Å². The van der Waals surface area contributed by atoms with E-state index in [2.05, 4.69) is 4.98 Å². The normalized spacial score (nSPS) is 10.9. The molecule has 0 spiro atoms. The van der Waals surface area contributed by atoms with E-state index in [-0.39, 0.29) is 0 Å². The Morgan fingerprint density at radius 2 is 2.29 bits per heavy atom. The van der Waals surface area contributed by atoms with Crippen LogP contribution in [0.1, 0.15) is 5.56 Å². The van der Waals surface area contributed by atoms with Gasteiger partial charge in [-0.05, 0) is 24.1 Å². The highest BCUT2D eigenvalue weighted by Gasteiger charge is 2.06.